The summed E-state index contributed by atoms with van der Waals surface area (Å²) in [4.78, 5) is 10.6. The molecule has 2 unspecified atom stereocenters. The molecule has 0 aromatic carbocycles. The molecule has 10 heteroatoms. The predicted molar refractivity (Wildman–Crippen MR) is 123 cm³/mol. The largest absolute Gasteiger partial charge is 0.418 e. The van der Waals surface area contributed by atoms with Crippen LogP contribution < -0.4 is 15.8 Å². The molecule has 1 aromatic heterocycles. The maximum atomic E-state index is 13.8. The number of allylic oxidation sites excluding steroid dienone is 1. The minimum Gasteiger partial charge on any atom is -0.387 e. The van der Waals surface area contributed by atoms with Crippen molar-refractivity contribution in [1.29, 1.82) is 0 Å². The summed E-state index contributed by atoms with van der Waals surface area (Å²) < 4.78 is 41.5. The fourth-order valence-corrected chi connectivity index (χ4v) is 5.11. The summed E-state index contributed by atoms with van der Waals surface area (Å²) in [5.74, 6) is 0.727. The standard InChI is InChI=1S/C21H25F3IN5O/c1-12(2)10-20(31)11-30(9-7-15(20)25)16-6-5-14(21(22,23)24)18(27-16)17-13-4-3-8-26-19(13)29-28-17/h3-6,8,12,15,19,28-29,31H,7,9-11H2,1-2H3/t15?,19?,20-/m0/s1. The average molecular weight is 547 g/mol. The van der Waals surface area contributed by atoms with Crippen molar-refractivity contribution in [2.45, 2.75) is 48.6 Å². The third kappa shape index (κ3) is 4.47. The molecule has 3 atom stereocenters. The Morgan fingerprint density at radius 3 is 2.84 bits per heavy atom. The van der Waals surface area contributed by atoms with Gasteiger partial charge < -0.3 is 15.4 Å². The number of fused-ring (bicyclic) bond motifs is 1. The molecule has 4 rings (SSSR count). The van der Waals surface area contributed by atoms with Gasteiger partial charge in [0.2, 0.25) is 0 Å². The Kier molecular flexibility index (Phi) is 6.08. The molecule has 1 fully saturated rings. The second-order valence-electron chi connectivity index (χ2n) is 8.60. The molecular formula is C21H25F3IN5O. The Labute approximate surface area is 192 Å². The normalized spacial score (nSPS) is 28.3. The minimum absolute atomic E-state index is 0.0780. The number of aromatic nitrogens is 1. The maximum absolute atomic E-state index is 13.8. The molecule has 1 aromatic rings. The number of rotatable bonds is 4. The van der Waals surface area contributed by atoms with Gasteiger partial charge in [-0.15, -0.1) is 0 Å². The maximum Gasteiger partial charge on any atom is 0.418 e. The van der Waals surface area contributed by atoms with Gasteiger partial charge in [-0.05, 0) is 37.0 Å². The molecule has 0 aliphatic carbocycles. The summed E-state index contributed by atoms with van der Waals surface area (Å²) in [6, 6.07) is 2.48. The van der Waals surface area contributed by atoms with E-state index in [4.69, 9.17) is 0 Å². The van der Waals surface area contributed by atoms with Gasteiger partial charge in [0.25, 0.3) is 0 Å². The van der Waals surface area contributed by atoms with Crippen LogP contribution in [0.3, 0.4) is 0 Å². The number of hydrazine groups is 1. The summed E-state index contributed by atoms with van der Waals surface area (Å²) in [6.07, 6.45) is 1.38. The zero-order valence-corrected chi connectivity index (χ0v) is 19.4. The van der Waals surface area contributed by atoms with Gasteiger partial charge in [0.1, 0.15) is 17.7 Å². The van der Waals surface area contributed by atoms with Crippen LogP contribution in [-0.2, 0) is 6.18 Å². The molecule has 4 heterocycles. The Morgan fingerprint density at radius 1 is 1.35 bits per heavy atom. The van der Waals surface area contributed by atoms with Crippen LogP contribution in [0.2, 0.25) is 0 Å². The molecule has 0 radical (unpaired) electrons. The van der Waals surface area contributed by atoms with Gasteiger partial charge in [0.15, 0.2) is 0 Å². The summed E-state index contributed by atoms with van der Waals surface area (Å²) in [5, 5.41) is 11.2. The number of aliphatic imine (C=N–C) groups is 1. The molecule has 3 aliphatic rings. The van der Waals surface area contributed by atoms with E-state index < -0.39 is 23.5 Å². The lowest BCUT2D eigenvalue weighted by Crippen LogP contribution is -2.55. The number of dihydropyridines is 1. The third-order valence-corrected chi connectivity index (χ3v) is 7.50. The second-order valence-corrected chi connectivity index (χ2v) is 10.1. The van der Waals surface area contributed by atoms with Crippen LogP contribution in [-0.4, -0.2) is 45.1 Å². The van der Waals surface area contributed by atoms with Crippen LogP contribution in [0.5, 0.6) is 0 Å². The average Bonchev–Trinajstić information content (AvgIpc) is 3.12. The van der Waals surface area contributed by atoms with E-state index in [-0.39, 0.29) is 15.3 Å². The summed E-state index contributed by atoms with van der Waals surface area (Å²) in [7, 11) is 0. The van der Waals surface area contributed by atoms with E-state index in [1.807, 2.05) is 4.90 Å². The lowest BCUT2D eigenvalue weighted by Gasteiger charge is -2.44. The SMILES string of the molecule is CC(C)C[C@]1(O)CN(c2ccc(C(F)(F)F)c(C3=C4C=CC=NC4NN3)n2)CCC1I. The molecule has 1 saturated heterocycles. The zero-order valence-electron chi connectivity index (χ0n) is 17.2. The fourth-order valence-electron chi connectivity index (χ4n) is 4.38. The van der Waals surface area contributed by atoms with E-state index in [1.165, 1.54) is 6.07 Å². The molecule has 0 saturated carbocycles. The number of pyridine rings is 1. The van der Waals surface area contributed by atoms with Gasteiger partial charge in [0.05, 0.1) is 16.9 Å². The van der Waals surface area contributed by atoms with Crippen molar-refractivity contribution < 1.29 is 18.3 Å². The van der Waals surface area contributed by atoms with E-state index >= 15 is 0 Å². The van der Waals surface area contributed by atoms with Crippen LogP contribution in [0.25, 0.3) is 5.70 Å². The molecule has 0 bridgehead atoms. The van der Waals surface area contributed by atoms with Crippen LogP contribution in [0.1, 0.15) is 37.9 Å². The Bertz CT molecular complexity index is 945. The monoisotopic (exact) mass is 547 g/mol. The van der Waals surface area contributed by atoms with Crippen molar-refractivity contribution in [3.63, 3.8) is 0 Å². The molecule has 31 heavy (non-hydrogen) atoms. The third-order valence-electron chi connectivity index (χ3n) is 5.72. The van der Waals surface area contributed by atoms with Gasteiger partial charge in [-0.3, -0.25) is 4.99 Å². The van der Waals surface area contributed by atoms with Gasteiger partial charge in [-0.2, -0.15) is 13.2 Å². The highest BCUT2D eigenvalue weighted by molar-refractivity contribution is 14.1. The number of aliphatic hydroxyl groups is 1. The number of alkyl halides is 4. The summed E-state index contributed by atoms with van der Waals surface area (Å²) >= 11 is 2.28. The van der Waals surface area contributed by atoms with Crippen molar-refractivity contribution in [3.8, 4) is 0 Å². The second kappa shape index (κ2) is 8.36. The first-order chi connectivity index (χ1) is 14.6. The molecule has 0 spiro atoms. The Morgan fingerprint density at radius 2 is 2.13 bits per heavy atom. The summed E-state index contributed by atoms with van der Waals surface area (Å²) in [6.45, 7) is 5.06. The topological polar surface area (TPSA) is 72.8 Å². The first kappa shape index (κ1) is 22.5. The minimum atomic E-state index is -4.55. The van der Waals surface area contributed by atoms with Crippen LogP contribution in [0, 0.1) is 5.92 Å². The van der Waals surface area contributed by atoms with Crippen LogP contribution >= 0.6 is 22.6 Å². The van der Waals surface area contributed by atoms with Crippen molar-refractivity contribution in [2.75, 3.05) is 18.0 Å². The summed E-state index contributed by atoms with van der Waals surface area (Å²) in [5.41, 5.74) is 4.72. The van der Waals surface area contributed by atoms with Crippen molar-refractivity contribution in [2.24, 2.45) is 10.9 Å². The highest BCUT2D eigenvalue weighted by Crippen LogP contribution is 2.39. The number of nitrogens with zero attached hydrogens (tertiary/aromatic N) is 3. The van der Waals surface area contributed by atoms with Crippen LogP contribution in [0.4, 0.5) is 19.0 Å². The lowest BCUT2D eigenvalue weighted by molar-refractivity contribution is -0.138. The van der Waals surface area contributed by atoms with Gasteiger partial charge in [-0.1, -0.05) is 42.5 Å². The first-order valence-electron chi connectivity index (χ1n) is 10.2. The van der Waals surface area contributed by atoms with Gasteiger partial charge in [-0.25, -0.2) is 10.4 Å². The Balaban J connectivity index is 1.74. The number of piperidine rings is 1. The molecule has 168 valence electrons. The molecule has 3 aliphatic heterocycles. The number of hydrogen-bond acceptors (Lipinski definition) is 6. The van der Waals surface area contributed by atoms with Gasteiger partial charge >= 0.3 is 6.18 Å². The molecule has 0 amide bonds. The highest BCUT2D eigenvalue weighted by Gasteiger charge is 2.42. The number of nitrogens with one attached hydrogen (secondary N) is 2. The van der Waals surface area contributed by atoms with Crippen molar-refractivity contribution in [3.05, 3.63) is 41.1 Å². The van der Waals surface area contributed by atoms with E-state index in [1.54, 1.807) is 18.4 Å². The fraction of sp³-hybridized carbons (Fsp3) is 0.524. The predicted octanol–water partition coefficient (Wildman–Crippen LogP) is 3.68. The van der Waals surface area contributed by atoms with E-state index in [0.29, 0.717) is 36.8 Å². The molecule has 3 N–H and O–H groups in total. The number of anilines is 1. The van der Waals surface area contributed by atoms with Crippen LogP contribution in [0.15, 0.2) is 34.9 Å². The smallest absolute Gasteiger partial charge is 0.387 e. The number of halogens is 4. The first-order valence-corrected chi connectivity index (χ1v) is 11.5. The van der Waals surface area contributed by atoms with Crippen molar-refractivity contribution in [1.82, 2.24) is 15.8 Å². The molecule has 6 nitrogen and oxygen atoms in total. The highest BCUT2D eigenvalue weighted by atomic mass is 127. The van der Waals surface area contributed by atoms with Gasteiger partial charge in [0, 0.05) is 28.8 Å². The molecular weight excluding hydrogens is 522 g/mol. The number of β-amino-alcohol motifs (C(OH)–C–C–N with tert-alkyl or cyclic N) is 1. The zero-order chi connectivity index (χ0) is 22.4. The van der Waals surface area contributed by atoms with E-state index in [0.717, 1.165) is 12.5 Å². The lowest BCUT2D eigenvalue weighted by atomic mass is 9.85. The van der Waals surface area contributed by atoms with E-state index in [2.05, 4.69) is 57.3 Å². The van der Waals surface area contributed by atoms with E-state index in [9.17, 15) is 18.3 Å². The Hall–Kier alpha value is -1.66. The number of hydrogen-bond donors (Lipinski definition) is 3. The van der Waals surface area contributed by atoms with Crippen molar-refractivity contribution >= 4 is 40.3 Å². The quantitative estimate of drug-likeness (QED) is 0.397.